The molecule has 5 rings (SSSR count). The summed E-state index contributed by atoms with van der Waals surface area (Å²) in [5.74, 6) is 5.35. The van der Waals surface area contributed by atoms with Gasteiger partial charge in [0, 0.05) is 7.05 Å². The third-order valence-corrected chi connectivity index (χ3v) is 6.49. The van der Waals surface area contributed by atoms with E-state index in [-0.39, 0.29) is 23.1 Å². The van der Waals surface area contributed by atoms with E-state index >= 15 is 0 Å². The second kappa shape index (κ2) is 6.83. The second-order valence-electron chi connectivity index (χ2n) is 8.03. The number of hydrogen-bond donors (Lipinski definition) is 3. The predicted molar refractivity (Wildman–Crippen MR) is 110 cm³/mol. The SMILES string of the molecule is CNc1nc(C#Cc2ccccc2F)nc2c1ncn2[C@@H]1C2C[C@@]2(C(C)=O)C(O)[C@H]1O. The summed E-state index contributed by atoms with van der Waals surface area (Å²) in [6, 6.07) is 5.62. The molecule has 2 aromatic heterocycles. The fourth-order valence-corrected chi connectivity index (χ4v) is 4.82. The van der Waals surface area contributed by atoms with Crippen LogP contribution in [-0.2, 0) is 4.79 Å². The van der Waals surface area contributed by atoms with Crippen LogP contribution in [0.25, 0.3) is 11.2 Å². The molecular weight excluding hydrogens is 401 g/mol. The number of hydrogen-bond acceptors (Lipinski definition) is 7. The molecule has 0 amide bonds. The van der Waals surface area contributed by atoms with Crippen molar-refractivity contribution in [3.05, 3.63) is 47.8 Å². The number of anilines is 1. The highest BCUT2D eigenvalue weighted by atomic mass is 19.1. The summed E-state index contributed by atoms with van der Waals surface area (Å²) >= 11 is 0. The number of aliphatic hydroxyl groups excluding tert-OH is 2. The van der Waals surface area contributed by atoms with Crippen LogP contribution in [0.1, 0.15) is 30.8 Å². The lowest BCUT2D eigenvalue weighted by molar-refractivity contribution is -0.128. The van der Waals surface area contributed by atoms with Crippen LogP contribution in [0.3, 0.4) is 0 Å². The van der Waals surface area contributed by atoms with Gasteiger partial charge in [0.1, 0.15) is 17.7 Å². The van der Waals surface area contributed by atoms with Crippen LogP contribution in [0.15, 0.2) is 30.6 Å². The van der Waals surface area contributed by atoms with Gasteiger partial charge in [0.05, 0.1) is 29.5 Å². The van der Waals surface area contributed by atoms with E-state index in [2.05, 4.69) is 32.1 Å². The Morgan fingerprint density at radius 1 is 1.29 bits per heavy atom. The molecule has 3 aromatic rings. The number of nitrogens with one attached hydrogen (secondary N) is 1. The Bertz CT molecular complexity index is 1280. The van der Waals surface area contributed by atoms with Gasteiger partial charge in [-0.3, -0.25) is 4.79 Å². The summed E-state index contributed by atoms with van der Waals surface area (Å²) in [4.78, 5) is 25.4. The van der Waals surface area contributed by atoms with E-state index in [0.29, 0.717) is 23.4 Å². The summed E-state index contributed by atoms with van der Waals surface area (Å²) < 4.78 is 15.6. The molecular formula is C22H20FN5O3. The average Bonchev–Trinajstić information content (AvgIpc) is 3.31. The van der Waals surface area contributed by atoms with Crippen LogP contribution in [0.2, 0.25) is 0 Å². The highest BCUT2D eigenvalue weighted by molar-refractivity contribution is 5.88. The normalized spacial score (nSPS) is 28.7. The maximum absolute atomic E-state index is 13.9. The van der Waals surface area contributed by atoms with Crippen molar-refractivity contribution in [3.8, 4) is 11.8 Å². The Kier molecular flexibility index (Phi) is 4.32. The molecule has 31 heavy (non-hydrogen) atoms. The van der Waals surface area contributed by atoms with Crippen molar-refractivity contribution in [1.82, 2.24) is 19.5 Å². The number of aliphatic hydroxyl groups is 2. The highest BCUT2D eigenvalue weighted by Crippen LogP contribution is 2.68. The monoisotopic (exact) mass is 421 g/mol. The lowest BCUT2D eigenvalue weighted by Gasteiger charge is -2.23. The molecule has 0 saturated heterocycles. The number of carbonyl (C=O) groups excluding carboxylic acids is 1. The maximum atomic E-state index is 13.9. The smallest absolute Gasteiger partial charge is 0.209 e. The quantitative estimate of drug-likeness (QED) is 0.546. The number of carbonyl (C=O) groups is 1. The number of benzene rings is 1. The molecule has 2 aliphatic carbocycles. The third kappa shape index (κ3) is 2.76. The molecule has 9 heteroatoms. The molecule has 2 fully saturated rings. The van der Waals surface area contributed by atoms with Gasteiger partial charge in [0.15, 0.2) is 17.0 Å². The first-order chi connectivity index (χ1) is 14.9. The predicted octanol–water partition coefficient (Wildman–Crippen LogP) is 1.28. The summed E-state index contributed by atoms with van der Waals surface area (Å²) in [5.41, 5.74) is 0.207. The minimum Gasteiger partial charge on any atom is -0.389 e. The van der Waals surface area contributed by atoms with Crippen molar-refractivity contribution < 1.29 is 19.4 Å². The Hall–Kier alpha value is -3.35. The lowest BCUT2D eigenvalue weighted by Crippen LogP contribution is -2.36. The van der Waals surface area contributed by atoms with Crippen LogP contribution in [0, 0.1) is 29.0 Å². The standard InChI is InChI=1S/C22H20FN5O3/c1-11(29)22-9-13(22)17(18(30)19(22)31)28-10-25-16-20(24-2)26-15(27-21(16)28)8-7-12-5-3-4-6-14(12)23/h3-6,10,13,17-19,30-31H,9H2,1-2H3,(H,24,26,27)/t13?,17-,18+,19?,22+/m1/s1. The van der Waals surface area contributed by atoms with E-state index < -0.39 is 29.5 Å². The van der Waals surface area contributed by atoms with E-state index in [1.807, 2.05) is 0 Å². The summed E-state index contributed by atoms with van der Waals surface area (Å²) in [7, 11) is 1.69. The van der Waals surface area contributed by atoms with E-state index in [4.69, 9.17) is 0 Å². The molecule has 2 aliphatic rings. The third-order valence-electron chi connectivity index (χ3n) is 6.49. The largest absolute Gasteiger partial charge is 0.389 e. The van der Waals surface area contributed by atoms with Crippen LogP contribution in [0.5, 0.6) is 0 Å². The molecule has 158 valence electrons. The molecule has 3 N–H and O–H groups in total. The van der Waals surface area contributed by atoms with E-state index in [1.54, 1.807) is 29.8 Å². The molecule has 2 heterocycles. The zero-order valence-electron chi connectivity index (χ0n) is 16.9. The van der Waals surface area contributed by atoms with Crippen molar-refractivity contribution in [2.45, 2.75) is 31.6 Å². The summed E-state index contributed by atoms with van der Waals surface area (Å²) in [6.45, 7) is 1.45. The van der Waals surface area contributed by atoms with Crippen molar-refractivity contribution in [1.29, 1.82) is 0 Å². The minimum atomic E-state index is -1.14. The summed E-state index contributed by atoms with van der Waals surface area (Å²) in [5, 5.41) is 24.2. The Morgan fingerprint density at radius 2 is 2.06 bits per heavy atom. The van der Waals surface area contributed by atoms with Crippen LogP contribution in [-0.4, -0.2) is 54.8 Å². The van der Waals surface area contributed by atoms with Gasteiger partial charge in [0.2, 0.25) is 5.82 Å². The first-order valence-electron chi connectivity index (χ1n) is 9.94. The first-order valence-corrected chi connectivity index (χ1v) is 9.94. The number of aromatic nitrogens is 4. The molecule has 2 unspecified atom stereocenters. The van der Waals surface area contributed by atoms with Crippen molar-refractivity contribution in [3.63, 3.8) is 0 Å². The molecule has 0 bridgehead atoms. The fraction of sp³-hybridized carbons (Fsp3) is 0.364. The number of ketones is 1. The molecule has 8 nitrogen and oxygen atoms in total. The minimum absolute atomic E-state index is 0.127. The number of halogens is 1. The van der Waals surface area contributed by atoms with Crippen LogP contribution in [0.4, 0.5) is 10.2 Å². The maximum Gasteiger partial charge on any atom is 0.209 e. The van der Waals surface area contributed by atoms with E-state index in [1.165, 1.54) is 19.3 Å². The molecule has 0 spiro atoms. The van der Waals surface area contributed by atoms with Crippen molar-refractivity contribution in [2.75, 3.05) is 12.4 Å². The fourth-order valence-electron chi connectivity index (χ4n) is 4.82. The van der Waals surface area contributed by atoms with Crippen molar-refractivity contribution in [2.24, 2.45) is 11.3 Å². The van der Waals surface area contributed by atoms with E-state index in [0.717, 1.165) is 0 Å². The van der Waals surface area contributed by atoms with E-state index in [9.17, 15) is 19.4 Å². The number of nitrogens with zero attached hydrogens (tertiary/aromatic N) is 4. The van der Waals surface area contributed by atoms with Gasteiger partial charge in [-0.1, -0.05) is 18.1 Å². The summed E-state index contributed by atoms with van der Waals surface area (Å²) in [6.07, 6.45) is -0.220. The van der Waals surface area contributed by atoms with Gasteiger partial charge >= 0.3 is 0 Å². The number of imidazole rings is 1. The van der Waals surface area contributed by atoms with Gasteiger partial charge in [-0.15, -0.1) is 0 Å². The molecule has 5 atom stereocenters. The number of Topliss-reactive ketones (excluding diaryl/α,β-unsaturated/α-hetero) is 1. The van der Waals surface area contributed by atoms with Gasteiger partial charge in [-0.2, -0.15) is 0 Å². The average molecular weight is 421 g/mol. The molecule has 2 saturated carbocycles. The molecule has 0 aliphatic heterocycles. The van der Waals surface area contributed by atoms with Gasteiger partial charge in [0.25, 0.3) is 0 Å². The lowest BCUT2D eigenvalue weighted by atomic mass is 9.95. The number of fused-ring (bicyclic) bond motifs is 2. The Balaban J connectivity index is 1.60. The molecule has 0 radical (unpaired) electrons. The zero-order valence-corrected chi connectivity index (χ0v) is 16.9. The van der Waals surface area contributed by atoms with Crippen molar-refractivity contribution >= 4 is 22.8 Å². The highest BCUT2D eigenvalue weighted by Gasteiger charge is 2.74. The topological polar surface area (TPSA) is 113 Å². The number of rotatable bonds is 3. The van der Waals surface area contributed by atoms with Gasteiger partial charge in [-0.05, 0) is 37.3 Å². The van der Waals surface area contributed by atoms with Gasteiger partial charge < -0.3 is 20.1 Å². The first kappa shape index (κ1) is 19.6. The van der Waals surface area contributed by atoms with Crippen LogP contribution < -0.4 is 5.32 Å². The molecule has 1 aromatic carbocycles. The second-order valence-corrected chi connectivity index (χ2v) is 8.03. The zero-order chi connectivity index (χ0) is 21.9. The van der Waals surface area contributed by atoms with Crippen LogP contribution >= 0.6 is 0 Å². The van der Waals surface area contributed by atoms with Gasteiger partial charge in [-0.25, -0.2) is 19.3 Å². The Morgan fingerprint density at radius 3 is 2.74 bits per heavy atom. The Labute approximate surface area is 177 Å².